The number of nitrogens with one attached hydrogen (secondary N) is 1. The average molecular weight is 325 g/mol. The SMILES string of the molecule is CON1CN(c2nc3ccccc3s2)NC(c2ccccc2)=N1. The molecule has 0 unspecified atom stereocenters. The molecular weight excluding hydrogens is 310 g/mol. The number of hydrogen-bond acceptors (Lipinski definition) is 7. The topological polar surface area (TPSA) is 53.0 Å². The quantitative estimate of drug-likeness (QED) is 0.802. The number of hydroxylamine groups is 1. The number of amidine groups is 1. The molecule has 116 valence electrons. The lowest BCUT2D eigenvalue weighted by Gasteiger charge is -2.33. The van der Waals surface area contributed by atoms with Crippen LogP contribution in [0.3, 0.4) is 0 Å². The van der Waals surface area contributed by atoms with E-state index in [-0.39, 0.29) is 0 Å². The first kappa shape index (κ1) is 14.0. The molecule has 0 bridgehead atoms. The van der Waals surface area contributed by atoms with Crippen LogP contribution < -0.4 is 10.4 Å². The van der Waals surface area contributed by atoms with E-state index in [0.29, 0.717) is 6.67 Å². The highest BCUT2D eigenvalue weighted by Crippen LogP contribution is 2.28. The smallest absolute Gasteiger partial charge is 0.207 e. The number of hydrazone groups is 1. The molecule has 2 aromatic carbocycles. The van der Waals surface area contributed by atoms with E-state index in [9.17, 15) is 0 Å². The Hall–Kier alpha value is -2.64. The Morgan fingerprint density at radius 2 is 1.87 bits per heavy atom. The third-order valence-electron chi connectivity index (χ3n) is 3.49. The van der Waals surface area contributed by atoms with Crippen molar-refractivity contribution in [1.29, 1.82) is 0 Å². The van der Waals surface area contributed by atoms with Crippen molar-refractivity contribution >= 4 is 32.5 Å². The third kappa shape index (κ3) is 2.71. The lowest BCUT2D eigenvalue weighted by molar-refractivity contribution is -0.134. The van der Waals surface area contributed by atoms with Crippen molar-refractivity contribution in [3.05, 3.63) is 60.2 Å². The molecule has 0 aliphatic carbocycles. The summed E-state index contributed by atoms with van der Waals surface area (Å²) in [6, 6.07) is 18.0. The van der Waals surface area contributed by atoms with Gasteiger partial charge in [0.05, 0.1) is 17.3 Å². The van der Waals surface area contributed by atoms with Crippen LogP contribution in [0, 0.1) is 0 Å². The van der Waals surface area contributed by atoms with Gasteiger partial charge in [-0.05, 0) is 12.1 Å². The molecule has 7 heteroatoms. The second kappa shape index (κ2) is 5.86. The average Bonchev–Trinajstić information content (AvgIpc) is 3.06. The number of benzene rings is 2. The van der Waals surface area contributed by atoms with Gasteiger partial charge >= 0.3 is 0 Å². The maximum absolute atomic E-state index is 5.31. The summed E-state index contributed by atoms with van der Waals surface area (Å²) < 4.78 is 1.15. The van der Waals surface area contributed by atoms with Crippen molar-refractivity contribution in [2.45, 2.75) is 0 Å². The highest BCUT2D eigenvalue weighted by atomic mass is 32.1. The number of anilines is 1. The van der Waals surface area contributed by atoms with Gasteiger partial charge in [-0.2, -0.15) is 0 Å². The van der Waals surface area contributed by atoms with Crippen LogP contribution in [0.1, 0.15) is 5.56 Å². The summed E-state index contributed by atoms with van der Waals surface area (Å²) in [7, 11) is 1.61. The standard InChI is InChI=1S/C16H15N5OS/c1-22-21-11-20(16-17-13-9-5-6-10-14(13)23-16)18-15(19-21)12-7-3-2-4-8-12/h2-10H,11H2,1H3,(H,18,19). The normalized spacial score (nSPS) is 14.7. The second-order valence-corrected chi connectivity index (χ2v) is 6.00. The predicted octanol–water partition coefficient (Wildman–Crippen LogP) is 2.80. The third-order valence-corrected chi connectivity index (χ3v) is 4.55. The van der Waals surface area contributed by atoms with Gasteiger partial charge in [-0.3, -0.25) is 10.3 Å². The summed E-state index contributed by atoms with van der Waals surface area (Å²) in [5.74, 6) is 0.720. The van der Waals surface area contributed by atoms with E-state index in [1.54, 1.807) is 18.4 Å². The van der Waals surface area contributed by atoms with E-state index in [4.69, 9.17) is 4.84 Å². The number of hydrazine groups is 1. The number of rotatable bonds is 3. The van der Waals surface area contributed by atoms with Crippen LogP contribution in [0.5, 0.6) is 0 Å². The molecule has 0 saturated carbocycles. The van der Waals surface area contributed by atoms with Crippen LogP contribution >= 0.6 is 11.3 Å². The first-order valence-electron chi connectivity index (χ1n) is 7.19. The van der Waals surface area contributed by atoms with Crippen LogP contribution in [-0.2, 0) is 4.84 Å². The fourth-order valence-corrected chi connectivity index (χ4v) is 3.27. The Morgan fingerprint density at radius 3 is 2.65 bits per heavy atom. The summed E-state index contributed by atoms with van der Waals surface area (Å²) in [5.41, 5.74) is 5.30. The Kier molecular flexibility index (Phi) is 3.57. The van der Waals surface area contributed by atoms with Crippen molar-refractivity contribution in [3.63, 3.8) is 0 Å². The maximum atomic E-state index is 5.31. The molecule has 0 amide bonds. The summed E-state index contributed by atoms with van der Waals surface area (Å²) in [5, 5.41) is 8.79. The molecule has 23 heavy (non-hydrogen) atoms. The summed E-state index contributed by atoms with van der Waals surface area (Å²) >= 11 is 1.63. The van der Waals surface area contributed by atoms with Gasteiger partial charge in [-0.25, -0.2) is 9.99 Å². The van der Waals surface area contributed by atoms with Crippen molar-refractivity contribution in [3.8, 4) is 0 Å². The van der Waals surface area contributed by atoms with E-state index in [1.807, 2.05) is 53.5 Å². The Labute approximate surface area is 137 Å². The monoisotopic (exact) mass is 325 g/mol. The van der Waals surface area contributed by atoms with Gasteiger partial charge in [0.2, 0.25) is 5.13 Å². The van der Waals surface area contributed by atoms with Crippen LogP contribution in [0.4, 0.5) is 5.13 Å². The van der Waals surface area contributed by atoms with Gasteiger partial charge in [0.15, 0.2) is 12.5 Å². The molecule has 0 spiro atoms. The minimum Gasteiger partial charge on any atom is -0.276 e. The summed E-state index contributed by atoms with van der Waals surface area (Å²) in [4.78, 5) is 9.99. The first-order chi connectivity index (χ1) is 11.3. The fraction of sp³-hybridized carbons (Fsp3) is 0.125. The lowest BCUT2D eigenvalue weighted by Crippen LogP contribution is -2.52. The molecule has 0 fully saturated rings. The first-order valence-corrected chi connectivity index (χ1v) is 8.00. The van der Waals surface area contributed by atoms with Gasteiger partial charge < -0.3 is 0 Å². The van der Waals surface area contributed by atoms with Gasteiger partial charge in [0.1, 0.15) is 0 Å². The van der Waals surface area contributed by atoms with Crippen molar-refractivity contribution in [1.82, 2.24) is 15.6 Å². The van der Waals surface area contributed by atoms with Gasteiger partial charge in [0.25, 0.3) is 0 Å². The number of fused-ring (bicyclic) bond motifs is 1. The summed E-state index contributed by atoms with van der Waals surface area (Å²) in [6.07, 6.45) is 0. The number of para-hydroxylation sites is 1. The maximum Gasteiger partial charge on any atom is 0.207 e. The number of hydrogen-bond donors (Lipinski definition) is 1. The van der Waals surface area contributed by atoms with Crippen LogP contribution in [0.15, 0.2) is 59.7 Å². The minimum absolute atomic E-state index is 0.451. The largest absolute Gasteiger partial charge is 0.276 e. The molecule has 1 aromatic heterocycles. The second-order valence-electron chi connectivity index (χ2n) is 4.99. The highest BCUT2D eigenvalue weighted by molar-refractivity contribution is 7.22. The molecule has 6 nitrogen and oxygen atoms in total. The number of nitrogens with zero attached hydrogens (tertiary/aromatic N) is 4. The van der Waals surface area contributed by atoms with Crippen molar-refractivity contribution in [2.24, 2.45) is 5.10 Å². The van der Waals surface area contributed by atoms with E-state index in [0.717, 1.165) is 26.7 Å². The molecule has 0 atom stereocenters. The molecule has 1 N–H and O–H groups in total. The molecule has 0 radical (unpaired) electrons. The van der Waals surface area contributed by atoms with Gasteiger partial charge in [-0.1, -0.05) is 53.8 Å². The fourth-order valence-electron chi connectivity index (χ4n) is 2.35. The molecule has 3 aromatic rings. The molecule has 4 rings (SSSR count). The Morgan fingerprint density at radius 1 is 1.09 bits per heavy atom. The zero-order valence-corrected chi connectivity index (χ0v) is 13.3. The molecule has 0 saturated heterocycles. The predicted molar refractivity (Wildman–Crippen MR) is 91.9 cm³/mol. The van der Waals surface area contributed by atoms with Crippen molar-refractivity contribution in [2.75, 3.05) is 18.8 Å². The van der Waals surface area contributed by atoms with Crippen LogP contribution in [0.2, 0.25) is 0 Å². The number of aromatic nitrogens is 1. The summed E-state index contributed by atoms with van der Waals surface area (Å²) in [6.45, 7) is 0.451. The van der Waals surface area contributed by atoms with E-state index < -0.39 is 0 Å². The van der Waals surface area contributed by atoms with Crippen LogP contribution in [0.25, 0.3) is 10.2 Å². The Balaban J connectivity index is 1.68. The minimum atomic E-state index is 0.451. The Bertz CT molecular complexity index is 815. The van der Waals surface area contributed by atoms with E-state index >= 15 is 0 Å². The van der Waals surface area contributed by atoms with Crippen LogP contribution in [-0.4, -0.2) is 29.8 Å². The van der Waals surface area contributed by atoms with E-state index in [2.05, 4.69) is 21.6 Å². The zero-order valence-electron chi connectivity index (χ0n) is 12.5. The molecule has 1 aliphatic heterocycles. The van der Waals surface area contributed by atoms with Gasteiger partial charge in [0, 0.05) is 5.56 Å². The van der Waals surface area contributed by atoms with Gasteiger partial charge in [-0.15, -0.1) is 10.3 Å². The number of thiazole rings is 1. The highest BCUT2D eigenvalue weighted by Gasteiger charge is 2.22. The molecule has 2 heterocycles. The zero-order chi connectivity index (χ0) is 15.6. The molecule has 1 aliphatic rings. The van der Waals surface area contributed by atoms with Crippen molar-refractivity contribution < 1.29 is 4.84 Å². The van der Waals surface area contributed by atoms with E-state index in [1.165, 1.54) is 5.17 Å². The lowest BCUT2D eigenvalue weighted by atomic mass is 10.2. The molecular formula is C16H15N5OS.